The number of oxazole rings is 1. The SMILES string of the molecule is CCCc1nc(CCNC)co1. The van der Waals surface area contributed by atoms with E-state index in [9.17, 15) is 0 Å². The monoisotopic (exact) mass is 168 g/mol. The van der Waals surface area contributed by atoms with Crippen LogP contribution < -0.4 is 5.32 Å². The minimum absolute atomic E-state index is 0.864. The summed E-state index contributed by atoms with van der Waals surface area (Å²) in [5, 5.41) is 3.08. The van der Waals surface area contributed by atoms with Crippen LogP contribution in [0.4, 0.5) is 0 Å². The molecule has 0 spiro atoms. The number of likely N-dealkylation sites (N-methyl/N-ethyl adjacent to an activating group) is 1. The zero-order valence-electron chi connectivity index (χ0n) is 7.76. The molecule has 1 aromatic rings. The van der Waals surface area contributed by atoms with E-state index in [-0.39, 0.29) is 0 Å². The normalized spacial score (nSPS) is 10.5. The van der Waals surface area contributed by atoms with Crippen molar-refractivity contribution in [3.05, 3.63) is 17.8 Å². The molecule has 3 heteroatoms. The first kappa shape index (κ1) is 9.26. The molecule has 0 amide bonds. The molecule has 0 unspecified atom stereocenters. The average molecular weight is 168 g/mol. The minimum Gasteiger partial charge on any atom is -0.449 e. The Morgan fingerprint density at radius 3 is 3.00 bits per heavy atom. The molecule has 0 saturated carbocycles. The number of nitrogens with one attached hydrogen (secondary N) is 1. The summed E-state index contributed by atoms with van der Waals surface area (Å²) in [5.74, 6) is 0.864. The topological polar surface area (TPSA) is 38.1 Å². The molecule has 0 aliphatic carbocycles. The van der Waals surface area contributed by atoms with Gasteiger partial charge < -0.3 is 9.73 Å². The zero-order valence-corrected chi connectivity index (χ0v) is 7.76. The maximum atomic E-state index is 5.26. The van der Waals surface area contributed by atoms with Crippen LogP contribution >= 0.6 is 0 Å². The summed E-state index contributed by atoms with van der Waals surface area (Å²) in [6.45, 7) is 3.08. The van der Waals surface area contributed by atoms with Gasteiger partial charge in [0.1, 0.15) is 6.26 Å². The molecule has 1 rings (SSSR count). The minimum atomic E-state index is 0.864. The molecule has 12 heavy (non-hydrogen) atoms. The van der Waals surface area contributed by atoms with Crippen molar-refractivity contribution >= 4 is 0 Å². The molecule has 0 atom stereocenters. The van der Waals surface area contributed by atoms with Gasteiger partial charge in [-0.2, -0.15) is 0 Å². The molecule has 0 aliphatic rings. The fourth-order valence-corrected chi connectivity index (χ4v) is 1.05. The lowest BCUT2D eigenvalue weighted by atomic mass is 10.3. The Morgan fingerprint density at radius 1 is 1.50 bits per heavy atom. The van der Waals surface area contributed by atoms with Crippen molar-refractivity contribution in [3.63, 3.8) is 0 Å². The maximum Gasteiger partial charge on any atom is 0.194 e. The van der Waals surface area contributed by atoms with Crippen LogP contribution in [0, 0.1) is 0 Å². The Hall–Kier alpha value is -0.830. The summed E-state index contributed by atoms with van der Waals surface area (Å²) in [6, 6.07) is 0. The van der Waals surface area contributed by atoms with Crippen molar-refractivity contribution in [1.29, 1.82) is 0 Å². The van der Waals surface area contributed by atoms with E-state index in [4.69, 9.17) is 4.42 Å². The third-order valence-electron chi connectivity index (χ3n) is 1.69. The highest BCUT2D eigenvalue weighted by atomic mass is 16.3. The van der Waals surface area contributed by atoms with E-state index in [0.29, 0.717) is 0 Å². The van der Waals surface area contributed by atoms with Gasteiger partial charge in [0.25, 0.3) is 0 Å². The highest BCUT2D eigenvalue weighted by Gasteiger charge is 2.01. The van der Waals surface area contributed by atoms with E-state index in [2.05, 4.69) is 17.2 Å². The number of aromatic nitrogens is 1. The van der Waals surface area contributed by atoms with Crippen molar-refractivity contribution < 1.29 is 4.42 Å². The van der Waals surface area contributed by atoms with Crippen molar-refractivity contribution in [2.45, 2.75) is 26.2 Å². The first-order valence-electron chi connectivity index (χ1n) is 4.44. The Bertz CT molecular complexity index is 220. The van der Waals surface area contributed by atoms with Crippen LogP contribution in [0.25, 0.3) is 0 Å². The van der Waals surface area contributed by atoms with Gasteiger partial charge in [-0.3, -0.25) is 0 Å². The molecule has 0 aliphatic heterocycles. The molecule has 3 nitrogen and oxygen atoms in total. The van der Waals surface area contributed by atoms with Gasteiger partial charge >= 0.3 is 0 Å². The first-order chi connectivity index (χ1) is 5.86. The van der Waals surface area contributed by atoms with E-state index in [1.807, 2.05) is 7.05 Å². The molecule has 0 saturated heterocycles. The zero-order chi connectivity index (χ0) is 8.81. The predicted octanol–water partition coefficient (Wildman–Crippen LogP) is 1.39. The van der Waals surface area contributed by atoms with Crippen molar-refractivity contribution in [2.24, 2.45) is 0 Å². The van der Waals surface area contributed by atoms with Crippen LogP contribution in [0.1, 0.15) is 24.9 Å². The predicted molar refractivity (Wildman–Crippen MR) is 48.1 cm³/mol. The molecule has 0 bridgehead atoms. The molecule has 0 radical (unpaired) electrons. The molecule has 1 heterocycles. The summed E-state index contributed by atoms with van der Waals surface area (Å²) in [5.41, 5.74) is 1.05. The second kappa shape index (κ2) is 4.93. The molecule has 68 valence electrons. The van der Waals surface area contributed by atoms with Crippen LogP contribution in [-0.4, -0.2) is 18.6 Å². The van der Waals surface area contributed by atoms with Gasteiger partial charge in [0.15, 0.2) is 5.89 Å². The number of hydrogen-bond acceptors (Lipinski definition) is 3. The largest absolute Gasteiger partial charge is 0.449 e. The fourth-order valence-electron chi connectivity index (χ4n) is 1.05. The fraction of sp³-hybridized carbons (Fsp3) is 0.667. The number of nitrogens with zero attached hydrogens (tertiary/aromatic N) is 1. The average Bonchev–Trinajstić information content (AvgIpc) is 2.50. The number of aryl methyl sites for hydroxylation is 1. The van der Waals surface area contributed by atoms with Crippen LogP contribution in [0.3, 0.4) is 0 Å². The quantitative estimate of drug-likeness (QED) is 0.722. The van der Waals surface area contributed by atoms with Gasteiger partial charge in [0, 0.05) is 19.4 Å². The second-order valence-corrected chi connectivity index (χ2v) is 2.84. The number of rotatable bonds is 5. The van der Waals surface area contributed by atoms with Gasteiger partial charge in [-0.05, 0) is 13.5 Å². The summed E-state index contributed by atoms with van der Waals surface area (Å²) < 4.78 is 5.26. The summed E-state index contributed by atoms with van der Waals surface area (Å²) in [7, 11) is 1.94. The van der Waals surface area contributed by atoms with Gasteiger partial charge in [-0.1, -0.05) is 6.92 Å². The number of hydrogen-bond donors (Lipinski definition) is 1. The standard InChI is InChI=1S/C9H16N2O/c1-3-4-9-11-8(7-12-9)5-6-10-2/h7,10H,3-6H2,1-2H3. The van der Waals surface area contributed by atoms with Gasteiger partial charge in [0.2, 0.25) is 0 Å². The van der Waals surface area contributed by atoms with E-state index in [1.165, 1.54) is 0 Å². The molecular weight excluding hydrogens is 152 g/mol. The Morgan fingerprint density at radius 2 is 2.33 bits per heavy atom. The summed E-state index contributed by atoms with van der Waals surface area (Å²) >= 11 is 0. The summed E-state index contributed by atoms with van der Waals surface area (Å²) in [6.07, 6.45) is 4.73. The molecular formula is C9H16N2O. The van der Waals surface area contributed by atoms with Crippen molar-refractivity contribution in [1.82, 2.24) is 10.3 Å². The first-order valence-corrected chi connectivity index (χ1v) is 4.44. The van der Waals surface area contributed by atoms with E-state index < -0.39 is 0 Å². The van der Waals surface area contributed by atoms with Gasteiger partial charge in [0.05, 0.1) is 5.69 Å². The van der Waals surface area contributed by atoms with Gasteiger partial charge in [-0.15, -0.1) is 0 Å². The van der Waals surface area contributed by atoms with Gasteiger partial charge in [-0.25, -0.2) is 4.98 Å². The molecule has 0 aromatic carbocycles. The maximum absolute atomic E-state index is 5.26. The molecule has 1 N–H and O–H groups in total. The van der Waals surface area contributed by atoms with E-state index in [0.717, 1.165) is 37.4 Å². The molecule has 1 aromatic heterocycles. The highest BCUT2D eigenvalue weighted by molar-refractivity contribution is 4.97. The third kappa shape index (κ3) is 2.66. The summed E-state index contributed by atoms with van der Waals surface area (Å²) in [4.78, 5) is 4.33. The molecule has 0 fully saturated rings. The van der Waals surface area contributed by atoms with Crippen LogP contribution in [0.5, 0.6) is 0 Å². The third-order valence-corrected chi connectivity index (χ3v) is 1.69. The lowest BCUT2D eigenvalue weighted by molar-refractivity contribution is 0.491. The Labute approximate surface area is 73.2 Å². The second-order valence-electron chi connectivity index (χ2n) is 2.84. The van der Waals surface area contributed by atoms with Crippen LogP contribution in [0.2, 0.25) is 0 Å². The van der Waals surface area contributed by atoms with E-state index in [1.54, 1.807) is 6.26 Å². The Balaban J connectivity index is 2.41. The van der Waals surface area contributed by atoms with Crippen molar-refractivity contribution in [2.75, 3.05) is 13.6 Å². The van der Waals surface area contributed by atoms with Crippen LogP contribution in [-0.2, 0) is 12.8 Å². The van der Waals surface area contributed by atoms with Crippen LogP contribution in [0.15, 0.2) is 10.7 Å². The van der Waals surface area contributed by atoms with Crippen molar-refractivity contribution in [3.8, 4) is 0 Å². The Kier molecular flexibility index (Phi) is 3.80. The smallest absolute Gasteiger partial charge is 0.194 e. The lowest BCUT2D eigenvalue weighted by Crippen LogP contribution is -2.10. The lowest BCUT2D eigenvalue weighted by Gasteiger charge is -1.92. The highest BCUT2D eigenvalue weighted by Crippen LogP contribution is 2.04. The van der Waals surface area contributed by atoms with E-state index >= 15 is 0 Å².